The zero-order valence-corrected chi connectivity index (χ0v) is 19.6. The lowest BCUT2D eigenvalue weighted by atomic mass is 9.99. The Morgan fingerprint density at radius 3 is 2.44 bits per heavy atom. The van der Waals surface area contributed by atoms with Crippen LogP contribution in [0, 0.1) is 0 Å². The van der Waals surface area contributed by atoms with Crippen LogP contribution >= 0.6 is 11.6 Å². The predicted octanol–water partition coefficient (Wildman–Crippen LogP) is 4.12. The standard InChI is InChI=1S/C23H28ClN5O3/c1-5-15-17(31-3)11-18(32-4)20(24)19(15)16-10-13-12-26-23(25)28-21(13)22(27-16)29-8-6-14(30-2)7-9-29/h10-12,14H,5-9H2,1-4H3,(H2,25,26,28). The number of piperidine rings is 1. The van der Waals surface area contributed by atoms with Crippen molar-refractivity contribution in [3.05, 3.63) is 28.9 Å². The highest BCUT2D eigenvalue weighted by Crippen LogP contribution is 2.44. The molecule has 0 aliphatic carbocycles. The predicted molar refractivity (Wildman–Crippen MR) is 127 cm³/mol. The summed E-state index contributed by atoms with van der Waals surface area (Å²) in [6, 6.07) is 3.76. The van der Waals surface area contributed by atoms with Crippen molar-refractivity contribution in [3.8, 4) is 22.8 Å². The van der Waals surface area contributed by atoms with E-state index in [1.165, 1.54) is 0 Å². The van der Waals surface area contributed by atoms with Crippen molar-refractivity contribution in [1.29, 1.82) is 0 Å². The summed E-state index contributed by atoms with van der Waals surface area (Å²) >= 11 is 6.81. The van der Waals surface area contributed by atoms with Crippen molar-refractivity contribution >= 4 is 34.3 Å². The number of halogens is 1. The van der Waals surface area contributed by atoms with Crippen LogP contribution in [0.15, 0.2) is 18.3 Å². The van der Waals surface area contributed by atoms with Crippen molar-refractivity contribution in [2.45, 2.75) is 32.3 Å². The molecule has 1 fully saturated rings. The molecule has 1 aromatic carbocycles. The first-order valence-electron chi connectivity index (χ1n) is 10.6. The first-order chi connectivity index (χ1) is 15.5. The Hall–Kier alpha value is -2.84. The Balaban J connectivity index is 1.95. The lowest BCUT2D eigenvalue weighted by Crippen LogP contribution is -2.37. The number of aromatic nitrogens is 3. The van der Waals surface area contributed by atoms with E-state index in [1.54, 1.807) is 27.5 Å². The second-order valence-electron chi connectivity index (χ2n) is 7.72. The molecule has 1 aliphatic heterocycles. The highest BCUT2D eigenvalue weighted by Gasteiger charge is 2.25. The number of nitrogens with two attached hydrogens (primary N) is 1. The summed E-state index contributed by atoms with van der Waals surface area (Å²) in [6.45, 7) is 3.68. The fraction of sp³-hybridized carbons (Fsp3) is 0.435. The lowest BCUT2D eigenvalue weighted by molar-refractivity contribution is 0.0818. The van der Waals surface area contributed by atoms with Crippen molar-refractivity contribution in [3.63, 3.8) is 0 Å². The topological polar surface area (TPSA) is 95.6 Å². The van der Waals surface area contributed by atoms with Crippen molar-refractivity contribution in [2.24, 2.45) is 0 Å². The first-order valence-corrected chi connectivity index (χ1v) is 11.0. The third kappa shape index (κ3) is 4.00. The molecule has 1 saturated heterocycles. The van der Waals surface area contributed by atoms with E-state index in [9.17, 15) is 0 Å². The van der Waals surface area contributed by atoms with Gasteiger partial charge in [-0.2, -0.15) is 0 Å². The van der Waals surface area contributed by atoms with Gasteiger partial charge in [0.05, 0.1) is 31.0 Å². The minimum Gasteiger partial charge on any atom is -0.496 e. The molecule has 1 aliphatic rings. The van der Waals surface area contributed by atoms with E-state index in [0.29, 0.717) is 22.2 Å². The van der Waals surface area contributed by atoms with Crippen LogP contribution in [-0.2, 0) is 11.2 Å². The molecule has 0 atom stereocenters. The minimum atomic E-state index is 0.218. The van der Waals surface area contributed by atoms with Gasteiger partial charge in [0.25, 0.3) is 0 Å². The van der Waals surface area contributed by atoms with Crippen LogP contribution < -0.4 is 20.1 Å². The molecule has 2 N–H and O–H groups in total. The van der Waals surface area contributed by atoms with Gasteiger partial charge in [0.2, 0.25) is 5.95 Å². The molecule has 8 nitrogen and oxygen atoms in total. The second-order valence-corrected chi connectivity index (χ2v) is 8.10. The molecule has 170 valence electrons. The van der Waals surface area contributed by atoms with E-state index in [-0.39, 0.29) is 12.1 Å². The van der Waals surface area contributed by atoms with Gasteiger partial charge >= 0.3 is 0 Å². The molecule has 3 aromatic rings. The third-order valence-corrected chi connectivity index (χ3v) is 6.36. The van der Waals surface area contributed by atoms with Crippen LogP contribution in [0.1, 0.15) is 25.3 Å². The Morgan fingerprint density at radius 1 is 1.09 bits per heavy atom. The van der Waals surface area contributed by atoms with E-state index in [1.807, 2.05) is 12.1 Å². The quantitative estimate of drug-likeness (QED) is 0.590. The number of ether oxygens (including phenoxy) is 3. The van der Waals surface area contributed by atoms with E-state index in [4.69, 9.17) is 36.5 Å². The normalized spacial score (nSPS) is 14.7. The summed E-state index contributed by atoms with van der Waals surface area (Å²) in [5.41, 5.74) is 9.11. The number of fused-ring (bicyclic) bond motifs is 1. The molecule has 0 unspecified atom stereocenters. The summed E-state index contributed by atoms with van der Waals surface area (Å²) in [5.74, 6) is 2.23. The lowest BCUT2D eigenvalue weighted by Gasteiger charge is -2.32. The average molecular weight is 458 g/mol. The van der Waals surface area contributed by atoms with E-state index in [2.05, 4.69) is 21.8 Å². The smallest absolute Gasteiger partial charge is 0.220 e. The number of rotatable bonds is 6. The van der Waals surface area contributed by atoms with E-state index >= 15 is 0 Å². The average Bonchev–Trinajstić information content (AvgIpc) is 2.83. The van der Waals surface area contributed by atoms with Gasteiger partial charge in [0.1, 0.15) is 17.0 Å². The molecule has 0 saturated carbocycles. The maximum Gasteiger partial charge on any atom is 0.220 e. The maximum atomic E-state index is 6.81. The molecular weight excluding hydrogens is 430 g/mol. The summed E-state index contributed by atoms with van der Waals surface area (Å²) in [7, 11) is 4.99. The summed E-state index contributed by atoms with van der Waals surface area (Å²) in [4.78, 5) is 16.0. The summed E-state index contributed by atoms with van der Waals surface area (Å²) in [6.07, 6.45) is 4.53. The molecule has 2 aromatic heterocycles. The van der Waals surface area contributed by atoms with Crippen LogP contribution in [0.25, 0.3) is 22.2 Å². The van der Waals surface area contributed by atoms with Crippen molar-refractivity contribution < 1.29 is 14.2 Å². The molecule has 4 rings (SSSR count). The number of hydrogen-bond acceptors (Lipinski definition) is 8. The number of methoxy groups -OCH3 is 3. The minimum absolute atomic E-state index is 0.218. The zero-order chi connectivity index (χ0) is 22.8. The van der Waals surface area contributed by atoms with Gasteiger partial charge < -0.3 is 24.8 Å². The summed E-state index contributed by atoms with van der Waals surface area (Å²) < 4.78 is 16.7. The number of nitrogen functional groups attached to an aromatic ring is 1. The molecule has 0 radical (unpaired) electrons. The van der Waals surface area contributed by atoms with Gasteiger partial charge in [0.15, 0.2) is 5.82 Å². The van der Waals surface area contributed by atoms with Crippen LogP contribution in [0.5, 0.6) is 11.5 Å². The van der Waals surface area contributed by atoms with Crippen LogP contribution in [0.4, 0.5) is 11.8 Å². The van der Waals surface area contributed by atoms with Crippen molar-refractivity contribution in [1.82, 2.24) is 15.0 Å². The molecular formula is C23H28ClN5O3. The second kappa shape index (κ2) is 9.34. The highest BCUT2D eigenvalue weighted by atomic mass is 35.5. The van der Waals surface area contributed by atoms with Crippen LogP contribution in [0.3, 0.4) is 0 Å². The number of nitrogens with zero attached hydrogens (tertiary/aromatic N) is 4. The largest absolute Gasteiger partial charge is 0.496 e. The first kappa shape index (κ1) is 22.4. The third-order valence-electron chi connectivity index (χ3n) is 5.99. The number of anilines is 2. The van der Waals surface area contributed by atoms with Gasteiger partial charge in [-0.05, 0) is 25.3 Å². The molecule has 0 spiro atoms. The van der Waals surface area contributed by atoms with Gasteiger partial charge in [-0.1, -0.05) is 18.5 Å². The number of benzene rings is 1. The molecule has 9 heteroatoms. The zero-order valence-electron chi connectivity index (χ0n) is 18.8. The van der Waals surface area contributed by atoms with Gasteiger partial charge in [-0.25, -0.2) is 15.0 Å². The molecule has 3 heterocycles. The fourth-order valence-corrected chi connectivity index (χ4v) is 4.63. The molecule has 0 bridgehead atoms. The van der Waals surface area contributed by atoms with Crippen molar-refractivity contribution in [2.75, 3.05) is 45.1 Å². The van der Waals surface area contributed by atoms with Crippen LogP contribution in [-0.4, -0.2) is 55.5 Å². The number of pyridine rings is 1. The Bertz CT molecular complexity index is 1130. The van der Waals surface area contributed by atoms with E-state index < -0.39 is 0 Å². The van der Waals surface area contributed by atoms with Crippen LogP contribution in [0.2, 0.25) is 5.02 Å². The van der Waals surface area contributed by atoms with Gasteiger partial charge in [-0.3, -0.25) is 0 Å². The summed E-state index contributed by atoms with van der Waals surface area (Å²) in [5, 5.41) is 1.34. The van der Waals surface area contributed by atoms with E-state index in [0.717, 1.165) is 60.2 Å². The monoisotopic (exact) mass is 457 g/mol. The molecule has 0 amide bonds. The Morgan fingerprint density at radius 2 is 1.81 bits per heavy atom. The van der Waals surface area contributed by atoms with Gasteiger partial charge in [0, 0.05) is 49.0 Å². The SMILES string of the molecule is CCc1c(OC)cc(OC)c(Cl)c1-c1cc2cnc(N)nc2c(N2CCC(OC)CC2)n1. The number of hydrogen-bond donors (Lipinski definition) is 1. The fourth-order valence-electron chi connectivity index (χ4n) is 4.29. The Kier molecular flexibility index (Phi) is 6.53. The highest BCUT2D eigenvalue weighted by molar-refractivity contribution is 6.35. The van der Waals surface area contributed by atoms with Gasteiger partial charge in [-0.15, -0.1) is 0 Å². The maximum absolute atomic E-state index is 6.81. The Labute approximate surface area is 192 Å². The molecule has 32 heavy (non-hydrogen) atoms.